The molecule has 0 radical (unpaired) electrons. The predicted octanol–water partition coefficient (Wildman–Crippen LogP) is 3.66. The summed E-state index contributed by atoms with van der Waals surface area (Å²) in [4.78, 5) is 12.9. The molecule has 2 aromatic rings. The van der Waals surface area contributed by atoms with Crippen LogP contribution in [0.25, 0.3) is 0 Å². The highest BCUT2D eigenvalue weighted by Crippen LogP contribution is 2.29. The second-order valence-electron chi connectivity index (χ2n) is 6.01. The highest BCUT2D eigenvalue weighted by Gasteiger charge is 2.30. The first kappa shape index (κ1) is 18.8. The van der Waals surface area contributed by atoms with Crippen LogP contribution in [-0.4, -0.2) is 17.6 Å². The number of allylic oxidation sites excluding steroid dienone is 1. The number of nitrogens with one attached hydrogen (secondary N) is 3. The Hall–Kier alpha value is -2.93. The van der Waals surface area contributed by atoms with Gasteiger partial charge in [0.25, 0.3) is 5.91 Å². The van der Waals surface area contributed by atoms with Crippen LogP contribution >= 0.6 is 12.2 Å². The molecule has 5 nitrogen and oxygen atoms in total. The number of amides is 1. The third kappa shape index (κ3) is 4.25. The Kier molecular flexibility index (Phi) is 5.71. The molecule has 27 heavy (non-hydrogen) atoms. The van der Waals surface area contributed by atoms with E-state index in [1.165, 1.54) is 12.1 Å². The molecule has 0 aromatic heterocycles. The van der Waals surface area contributed by atoms with Crippen molar-refractivity contribution in [2.75, 3.05) is 11.9 Å². The number of halogens is 1. The van der Waals surface area contributed by atoms with Gasteiger partial charge < -0.3 is 20.7 Å². The van der Waals surface area contributed by atoms with Crippen molar-refractivity contribution in [3.63, 3.8) is 0 Å². The molecule has 0 fully saturated rings. The van der Waals surface area contributed by atoms with Gasteiger partial charge >= 0.3 is 0 Å². The minimum Gasteiger partial charge on any atom is -0.494 e. The van der Waals surface area contributed by atoms with Crippen molar-refractivity contribution in [3.05, 3.63) is 71.2 Å². The monoisotopic (exact) mass is 385 g/mol. The summed E-state index contributed by atoms with van der Waals surface area (Å²) < 4.78 is 19.4. The molecule has 1 amide bonds. The summed E-state index contributed by atoms with van der Waals surface area (Å²) in [5.74, 6) is -0.149. The van der Waals surface area contributed by atoms with Crippen LogP contribution in [0.4, 0.5) is 10.1 Å². The zero-order valence-electron chi connectivity index (χ0n) is 15.0. The number of ether oxygens (including phenoxy) is 1. The Bertz CT molecular complexity index is 896. The molecule has 1 atom stereocenters. The highest BCUT2D eigenvalue weighted by atomic mass is 32.1. The van der Waals surface area contributed by atoms with Gasteiger partial charge in [0.2, 0.25) is 0 Å². The largest absolute Gasteiger partial charge is 0.494 e. The first-order valence-corrected chi connectivity index (χ1v) is 8.97. The molecule has 0 bridgehead atoms. The van der Waals surface area contributed by atoms with Crippen molar-refractivity contribution < 1.29 is 13.9 Å². The smallest absolute Gasteiger partial charge is 0.255 e. The standard InChI is InChI=1S/C20H20FN3O2S/c1-3-26-14-10-8-13(9-11-14)18-17(12(2)22-20(27)24-18)19(25)23-16-7-5-4-6-15(16)21/h4-11,18H,3H2,1-2H3,(H,23,25)(H2,22,24,27)/t18-/m0/s1. The predicted molar refractivity (Wildman–Crippen MR) is 107 cm³/mol. The molecule has 1 heterocycles. The minimum absolute atomic E-state index is 0.126. The van der Waals surface area contributed by atoms with Crippen LogP contribution in [-0.2, 0) is 4.79 Å². The van der Waals surface area contributed by atoms with Crippen LogP contribution in [0.3, 0.4) is 0 Å². The molecular weight excluding hydrogens is 365 g/mol. The van der Waals surface area contributed by atoms with E-state index < -0.39 is 17.8 Å². The average molecular weight is 385 g/mol. The van der Waals surface area contributed by atoms with E-state index in [0.717, 1.165) is 11.3 Å². The second kappa shape index (κ2) is 8.18. The van der Waals surface area contributed by atoms with Crippen LogP contribution in [0.2, 0.25) is 0 Å². The van der Waals surface area contributed by atoms with Gasteiger partial charge in [-0.25, -0.2) is 4.39 Å². The van der Waals surface area contributed by atoms with Crippen molar-refractivity contribution >= 4 is 28.9 Å². The van der Waals surface area contributed by atoms with Crippen LogP contribution in [0, 0.1) is 5.82 Å². The van der Waals surface area contributed by atoms with E-state index in [2.05, 4.69) is 16.0 Å². The molecule has 3 rings (SSSR count). The zero-order chi connectivity index (χ0) is 19.4. The number of para-hydroxylation sites is 1. The summed E-state index contributed by atoms with van der Waals surface area (Å²) in [7, 11) is 0. The first-order chi connectivity index (χ1) is 13.0. The van der Waals surface area contributed by atoms with Crippen LogP contribution in [0.5, 0.6) is 5.75 Å². The van der Waals surface area contributed by atoms with Crippen LogP contribution in [0.15, 0.2) is 59.8 Å². The lowest BCUT2D eigenvalue weighted by Gasteiger charge is -2.30. The number of carbonyl (C=O) groups is 1. The van der Waals surface area contributed by atoms with Gasteiger partial charge in [-0.1, -0.05) is 24.3 Å². The number of rotatable bonds is 5. The summed E-state index contributed by atoms with van der Waals surface area (Å²) in [5, 5.41) is 9.14. The van der Waals surface area contributed by atoms with Gasteiger partial charge in [0.1, 0.15) is 11.6 Å². The van der Waals surface area contributed by atoms with Crippen molar-refractivity contribution in [3.8, 4) is 5.75 Å². The van der Waals surface area contributed by atoms with Crippen molar-refractivity contribution in [1.82, 2.24) is 10.6 Å². The third-order valence-electron chi connectivity index (χ3n) is 4.16. The molecule has 7 heteroatoms. The third-order valence-corrected chi connectivity index (χ3v) is 4.38. The summed E-state index contributed by atoms with van der Waals surface area (Å²) in [6.07, 6.45) is 0. The maximum atomic E-state index is 13.9. The maximum Gasteiger partial charge on any atom is 0.255 e. The fourth-order valence-corrected chi connectivity index (χ4v) is 3.19. The van der Waals surface area contributed by atoms with Gasteiger partial charge in [0, 0.05) is 5.70 Å². The molecule has 0 aliphatic carbocycles. The highest BCUT2D eigenvalue weighted by molar-refractivity contribution is 7.80. The van der Waals surface area contributed by atoms with E-state index in [-0.39, 0.29) is 5.69 Å². The Morgan fingerprint density at radius 1 is 1.22 bits per heavy atom. The first-order valence-electron chi connectivity index (χ1n) is 8.56. The van der Waals surface area contributed by atoms with E-state index in [4.69, 9.17) is 17.0 Å². The number of hydrogen-bond donors (Lipinski definition) is 3. The lowest BCUT2D eigenvalue weighted by Crippen LogP contribution is -2.45. The maximum absolute atomic E-state index is 13.9. The number of thiocarbonyl (C=S) groups is 1. The Morgan fingerprint density at radius 3 is 2.59 bits per heavy atom. The molecule has 0 unspecified atom stereocenters. The average Bonchev–Trinajstić information content (AvgIpc) is 2.64. The van der Waals surface area contributed by atoms with E-state index in [1.54, 1.807) is 19.1 Å². The Labute approximate surface area is 162 Å². The Balaban J connectivity index is 1.91. The van der Waals surface area contributed by atoms with Gasteiger partial charge in [-0.2, -0.15) is 0 Å². The quantitative estimate of drug-likeness (QED) is 0.686. The van der Waals surface area contributed by atoms with Gasteiger partial charge in [-0.05, 0) is 55.9 Å². The molecule has 2 aromatic carbocycles. The van der Waals surface area contributed by atoms with E-state index in [0.29, 0.717) is 23.0 Å². The summed E-state index contributed by atoms with van der Waals surface area (Å²) in [6.45, 7) is 4.26. The molecule has 0 saturated heterocycles. The number of carbonyl (C=O) groups excluding carboxylic acids is 1. The van der Waals surface area contributed by atoms with Crippen LogP contribution in [0.1, 0.15) is 25.5 Å². The lowest BCUT2D eigenvalue weighted by atomic mass is 9.95. The second-order valence-corrected chi connectivity index (χ2v) is 6.41. The number of benzene rings is 2. The van der Waals surface area contributed by atoms with Crippen molar-refractivity contribution in [2.45, 2.75) is 19.9 Å². The van der Waals surface area contributed by atoms with E-state index in [1.807, 2.05) is 31.2 Å². The van der Waals surface area contributed by atoms with Crippen LogP contribution < -0.4 is 20.7 Å². The molecule has 140 valence electrons. The molecule has 3 N–H and O–H groups in total. The SMILES string of the molecule is CCOc1ccc([C@@H]2NC(=S)NC(C)=C2C(=O)Nc2ccccc2F)cc1. The fraction of sp³-hybridized carbons (Fsp3) is 0.200. The Morgan fingerprint density at radius 2 is 1.93 bits per heavy atom. The number of hydrogen-bond acceptors (Lipinski definition) is 3. The molecule has 0 spiro atoms. The topological polar surface area (TPSA) is 62.4 Å². The summed E-state index contributed by atoms with van der Waals surface area (Å²) >= 11 is 5.24. The molecule has 1 aliphatic heterocycles. The zero-order valence-corrected chi connectivity index (χ0v) is 15.8. The van der Waals surface area contributed by atoms with Crippen molar-refractivity contribution in [1.29, 1.82) is 0 Å². The normalized spacial score (nSPS) is 16.4. The van der Waals surface area contributed by atoms with E-state index >= 15 is 0 Å². The van der Waals surface area contributed by atoms with Crippen molar-refractivity contribution in [2.24, 2.45) is 0 Å². The molecule has 1 aliphatic rings. The summed E-state index contributed by atoms with van der Waals surface area (Å²) in [5.41, 5.74) is 2.03. The minimum atomic E-state index is -0.492. The van der Waals surface area contributed by atoms with Gasteiger partial charge in [0.15, 0.2) is 5.11 Å². The lowest BCUT2D eigenvalue weighted by molar-refractivity contribution is -0.113. The van der Waals surface area contributed by atoms with Gasteiger partial charge in [-0.15, -0.1) is 0 Å². The van der Waals surface area contributed by atoms with Gasteiger partial charge in [0.05, 0.1) is 23.9 Å². The van der Waals surface area contributed by atoms with E-state index in [9.17, 15) is 9.18 Å². The fourth-order valence-electron chi connectivity index (χ4n) is 2.92. The van der Waals surface area contributed by atoms with Gasteiger partial charge in [-0.3, -0.25) is 4.79 Å². The summed E-state index contributed by atoms with van der Waals surface area (Å²) in [6, 6.07) is 13.0. The number of anilines is 1. The molecular formula is C20H20FN3O2S. The molecule has 0 saturated carbocycles.